The van der Waals surface area contributed by atoms with E-state index in [1.165, 1.54) is 5.56 Å². The Labute approximate surface area is 177 Å². The molecular formula is C24H29N3O3. The van der Waals surface area contributed by atoms with E-state index in [1.807, 2.05) is 36.4 Å². The van der Waals surface area contributed by atoms with Crippen molar-refractivity contribution in [3.63, 3.8) is 0 Å². The quantitative estimate of drug-likeness (QED) is 0.794. The fraction of sp³-hybridized carbons (Fsp3) is 0.375. The first-order valence-corrected chi connectivity index (χ1v) is 10.2. The van der Waals surface area contributed by atoms with Gasteiger partial charge in [-0.05, 0) is 53.3 Å². The van der Waals surface area contributed by atoms with Crippen molar-refractivity contribution in [1.82, 2.24) is 5.32 Å². The topological polar surface area (TPSA) is 78.5 Å². The Morgan fingerprint density at radius 2 is 1.73 bits per heavy atom. The van der Waals surface area contributed by atoms with Crippen molar-refractivity contribution in [2.45, 2.75) is 46.0 Å². The standard InChI is InChI=1S/C24H29N3O3/c1-16(28)27-14-12-18-15-20(9-10-21(18)27)26-22(29)11-13-25-23(30)17-5-7-19(8-6-17)24(2,3)4/h5-10,15H,11-14H2,1-4H3,(H,25,30)(H,26,29). The van der Waals surface area contributed by atoms with Crippen LogP contribution >= 0.6 is 0 Å². The van der Waals surface area contributed by atoms with Gasteiger partial charge in [0.25, 0.3) is 5.91 Å². The van der Waals surface area contributed by atoms with Crippen molar-refractivity contribution >= 4 is 29.1 Å². The van der Waals surface area contributed by atoms with Crippen LogP contribution in [0.1, 0.15) is 55.6 Å². The SMILES string of the molecule is CC(=O)N1CCc2cc(NC(=O)CCNC(=O)c3ccc(C(C)(C)C)cc3)ccc21. The Morgan fingerprint density at radius 3 is 2.37 bits per heavy atom. The number of carbonyl (C=O) groups is 3. The largest absolute Gasteiger partial charge is 0.352 e. The number of nitrogens with one attached hydrogen (secondary N) is 2. The molecule has 30 heavy (non-hydrogen) atoms. The molecule has 0 bridgehead atoms. The third-order valence-corrected chi connectivity index (χ3v) is 5.29. The molecule has 1 aliphatic heterocycles. The van der Waals surface area contributed by atoms with E-state index in [-0.39, 0.29) is 36.1 Å². The van der Waals surface area contributed by atoms with Gasteiger partial charge in [-0.3, -0.25) is 14.4 Å². The van der Waals surface area contributed by atoms with E-state index in [9.17, 15) is 14.4 Å². The van der Waals surface area contributed by atoms with Gasteiger partial charge in [0.05, 0.1) is 0 Å². The highest BCUT2D eigenvalue weighted by atomic mass is 16.2. The molecular weight excluding hydrogens is 378 g/mol. The van der Waals surface area contributed by atoms with Gasteiger partial charge in [-0.1, -0.05) is 32.9 Å². The van der Waals surface area contributed by atoms with E-state index in [0.29, 0.717) is 17.8 Å². The summed E-state index contributed by atoms with van der Waals surface area (Å²) >= 11 is 0. The van der Waals surface area contributed by atoms with Crippen LogP contribution in [0, 0.1) is 0 Å². The second-order valence-electron chi connectivity index (χ2n) is 8.65. The fourth-order valence-electron chi connectivity index (χ4n) is 3.54. The first-order chi connectivity index (χ1) is 14.1. The van der Waals surface area contributed by atoms with Crippen LogP contribution in [0.4, 0.5) is 11.4 Å². The van der Waals surface area contributed by atoms with Crippen molar-refractivity contribution < 1.29 is 14.4 Å². The summed E-state index contributed by atoms with van der Waals surface area (Å²) in [6.07, 6.45) is 0.963. The second-order valence-corrected chi connectivity index (χ2v) is 8.65. The highest BCUT2D eigenvalue weighted by Gasteiger charge is 2.22. The van der Waals surface area contributed by atoms with Crippen LogP contribution in [0.25, 0.3) is 0 Å². The van der Waals surface area contributed by atoms with Crippen LogP contribution in [0.5, 0.6) is 0 Å². The summed E-state index contributed by atoms with van der Waals surface area (Å²) in [5.74, 6) is -0.334. The first-order valence-electron chi connectivity index (χ1n) is 10.2. The number of benzene rings is 2. The van der Waals surface area contributed by atoms with E-state index >= 15 is 0 Å². The number of rotatable bonds is 5. The molecule has 0 aliphatic carbocycles. The van der Waals surface area contributed by atoms with Crippen molar-refractivity contribution in [1.29, 1.82) is 0 Å². The lowest BCUT2D eigenvalue weighted by molar-refractivity contribution is -0.117. The van der Waals surface area contributed by atoms with E-state index in [0.717, 1.165) is 17.7 Å². The maximum atomic E-state index is 12.3. The minimum atomic E-state index is -0.190. The number of hydrogen-bond donors (Lipinski definition) is 2. The molecule has 2 aromatic carbocycles. The van der Waals surface area contributed by atoms with Gasteiger partial charge in [0.15, 0.2) is 0 Å². The third-order valence-electron chi connectivity index (χ3n) is 5.29. The highest BCUT2D eigenvalue weighted by Crippen LogP contribution is 2.30. The predicted molar refractivity (Wildman–Crippen MR) is 119 cm³/mol. The van der Waals surface area contributed by atoms with Crippen LogP contribution in [-0.2, 0) is 21.4 Å². The van der Waals surface area contributed by atoms with E-state index in [2.05, 4.69) is 31.4 Å². The maximum absolute atomic E-state index is 12.3. The highest BCUT2D eigenvalue weighted by molar-refractivity contribution is 5.96. The lowest BCUT2D eigenvalue weighted by atomic mass is 9.87. The van der Waals surface area contributed by atoms with Gasteiger partial charge in [0, 0.05) is 43.4 Å². The normalized spacial score (nSPS) is 13.0. The Bertz CT molecular complexity index is 959. The van der Waals surface area contributed by atoms with Crippen molar-refractivity contribution in [2.75, 3.05) is 23.3 Å². The van der Waals surface area contributed by atoms with Gasteiger partial charge in [-0.15, -0.1) is 0 Å². The number of hydrogen-bond acceptors (Lipinski definition) is 3. The summed E-state index contributed by atoms with van der Waals surface area (Å²) in [6.45, 7) is 8.86. The molecule has 0 aromatic heterocycles. The van der Waals surface area contributed by atoms with Gasteiger partial charge in [-0.2, -0.15) is 0 Å². The Balaban J connectivity index is 1.48. The summed E-state index contributed by atoms with van der Waals surface area (Å²) in [7, 11) is 0. The molecule has 0 fully saturated rings. The Morgan fingerprint density at radius 1 is 1.03 bits per heavy atom. The lowest BCUT2D eigenvalue weighted by Crippen LogP contribution is -2.27. The van der Waals surface area contributed by atoms with Gasteiger partial charge in [0.1, 0.15) is 0 Å². The number of anilines is 2. The summed E-state index contributed by atoms with van der Waals surface area (Å²) in [4.78, 5) is 37.9. The van der Waals surface area contributed by atoms with E-state index in [4.69, 9.17) is 0 Å². The smallest absolute Gasteiger partial charge is 0.251 e. The molecule has 2 aromatic rings. The zero-order valence-electron chi connectivity index (χ0n) is 18.0. The lowest BCUT2D eigenvalue weighted by Gasteiger charge is -2.19. The average Bonchev–Trinajstić information content (AvgIpc) is 3.11. The zero-order chi connectivity index (χ0) is 21.9. The molecule has 0 atom stereocenters. The summed E-state index contributed by atoms with van der Waals surface area (Å²) in [6, 6.07) is 13.1. The number of fused-ring (bicyclic) bond motifs is 1. The van der Waals surface area contributed by atoms with Gasteiger partial charge >= 0.3 is 0 Å². The summed E-state index contributed by atoms with van der Waals surface area (Å²) < 4.78 is 0. The van der Waals surface area contributed by atoms with Crippen molar-refractivity contribution in [3.05, 3.63) is 59.2 Å². The van der Waals surface area contributed by atoms with Gasteiger partial charge in [0.2, 0.25) is 11.8 Å². The Kier molecular flexibility index (Phi) is 6.25. The molecule has 2 N–H and O–H groups in total. The fourth-order valence-corrected chi connectivity index (χ4v) is 3.54. The first kappa shape index (κ1) is 21.6. The van der Waals surface area contributed by atoms with Crippen LogP contribution in [0.15, 0.2) is 42.5 Å². The van der Waals surface area contributed by atoms with E-state index in [1.54, 1.807) is 17.9 Å². The molecule has 0 saturated heterocycles. The zero-order valence-corrected chi connectivity index (χ0v) is 18.0. The average molecular weight is 408 g/mol. The summed E-state index contributed by atoms with van der Waals surface area (Å²) in [5, 5.41) is 5.65. The third kappa shape index (κ3) is 5.06. The predicted octanol–water partition coefficient (Wildman–Crippen LogP) is 3.65. The van der Waals surface area contributed by atoms with Crippen LogP contribution in [-0.4, -0.2) is 30.8 Å². The molecule has 1 aliphatic rings. The molecule has 6 heteroatoms. The molecule has 158 valence electrons. The maximum Gasteiger partial charge on any atom is 0.251 e. The number of amides is 3. The van der Waals surface area contributed by atoms with Crippen LogP contribution < -0.4 is 15.5 Å². The molecule has 3 rings (SSSR count). The van der Waals surface area contributed by atoms with Crippen LogP contribution in [0.3, 0.4) is 0 Å². The van der Waals surface area contributed by atoms with Gasteiger partial charge < -0.3 is 15.5 Å². The molecule has 0 saturated carbocycles. The molecule has 1 heterocycles. The second kappa shape index (κ2) is 8.69. The molecule has 3 amide bonds. The number of carbonyl (C=O) groups excluding carboxylic acids is 3. The minimum Gasteiger partial charge on any atom is -0.352 e. The number of nitrogens with zero attached hydrogens (tertiary/aromatic N) is 1. The monoisotopic (exact) mass is 407 g/mol. The molecule has 0 unspecified atom stereocenters. The van der Waals surface area contributed by atoms with Crippen molar-refractivity contribution in [2.24, 2.45) is 0 Å². The molecule has 6 nitrogen and oxygen atoms in total. The van der Waals surface area contributed by atoms with Gasteiger partial charge in [-0.25, -0.2) is 0 Å². The van der Waals surface area contributed by atoms with Crippen molar-refractivity contribution in [3.8, 4) is 0 Å². The minimum absolute atomic E-state index is 0.0225. The Hall–Kier alpha value is -3.15. The molecule has 0 radical (unpaired) electrons. The molecule has 0 spiro atoms. The summed E-state index contributed by atoms with van der Waals surface area (Å²) in [5.41, 5.74) is 4.44. The van der Waals surface area contributed by atoms with Crippen LogP contribution in [0.2, 0.25) is 0 Å². The van der Waals surface area contributed by atoms with E-state index < -0.39 is 0 Å².